The van der Waals surface area contributed by atoms with E-state index in [9.17, 15) is 4.79 Å². The number of para-hydroxylation sites is 2. The van der Waals surface area contributed by atoms with E-state index in [0.717, 1.165) is 6.54 Å². The number of likely N-dealkylation sites (N-methyl/N-ethyl adjacent to an activating group) is 1. The van der Waals surface area contributed by atoms with Gasteiger partial charge >= 0.3 is 0 Å². The first-order valence-electron chi connectivity index (χ1n) is 5.91. The lowest BCUT2D eigenvalue weighted by Crippen LogP contribution is -2.33. The third-order valence-corrected chi connectivity index (χ3v) is 2.59. The van der Waals surface area contributed by atoms with Crippen molar-refractivity contribution in [1.82, 2.24) is 4.90 Å². The number of nitrogens with one attached hydrogen (secondary N) is 1. The van der Waals surface area contributed by atoms with Crippen molar-refractivity contribution in [2.75, 3.05) is 30.7 Å². The lowest BCUT2D eigenvalue weighted by molar-refractivity contribution is -0.117. The number of nitrogens with zero attached hydrogens (tertiary/aromatic N) is 2. The van der Waals surface area contributed by atoms with Gasteiger partial charge in [0.2, 0.25) is 5.91 Å². The average molecular weight is 246 g/mol. The predicted octanol–water partition coefficient (Wildman–Crippen LogP) is 1.44. The number of carbonyl (C=O) groups is 1. The van der Waals surface area contributed by atoms with Gasteiger partial charge in [-0.2, -0.15) is 5.26 Å². The van der Waals surface area contributed by atoms with Crippen molar-refractivity contribution >= 4 is 17.3 Å². The van der Waals surface area contributed by atoms with E-state index in [1.807, 2.05) is 24.0 Å². The van der Waals surface area contributed by atoms with Crippen molar-refractivity contribution in [3.63, 3.8) is 0 Å². The van der Waals surface area contributed by atoms with Crippen LogP contribution in [0.25, 0.3) is 0 Å². The number of benzene rings is 1. The molecule has 96 valence electrons. The number of anilines is 2. The van der Waals surface area contributed by atoms with Gasteiger partial charge in [0, 0.05) is 13.0 Å². The number of hydrogen-bond acceptors (Lipinski definition) is 4. The van der Waals surface area contributed by atoms with Gasteiger partial charge in [0.1, 0.15) is 0 Å². The van der Waals surface area contributed by atoms with E-state index in [1.54, 1.807) is 12.1 Å². The Balaban J connectivity index is 2.51. The van der Waals surface area contributed by atoms with Crippen LogP contribution in [0.15, 0.2) is 24.3 Å². The van der Waals surface area contributed by atoms with E-state index in [0.29, 0.717) is 24.3 Å². The highest BCUT2D eigenvalue weighted by Gasteiger charge is 2.09. The molecule has 0 fully saturated rings. The number of rotatable bonds is 6. The topological polar surface area (TPSA) is 82.2 Å². The number of nitrogen functional groups attached to an aromatic ring is 1. The summed E-state index contributed by atoms with van der Waals surface area (Å²) in [6, 6.07) is 9.21. The lowest BCUT2D eigenvalue weighted by atomic mass is 10.2. The molecule has 1 aromatic carbocycles. The molecule has 0 spiro atoms. The highest BCUT2D eigenvalue weighted by Crippen LogP contribution is 2.16. The molecule has 0 saturated heterocycles. The SMILES string of the molecule is CCN(CCC#N)CC(=O)Nc1ccccc1N. The highest BCUT2D eigenvalue weighted by molar-refractivity contribution is 5.95. The molecule has 5 nitrogen and oxygen atoms in total. The van der Waals surface area contributed by atoms with Crippen molar-refractivity contribution in [3.8, 4) is 6.07 Å². The van der Waals surface area contributed by atoms with Gasteiger partial charge in [-0.25, -0.2) is 0 Å². The third-order valence-electron chi connectivity index (χ3n) is 2.59. The van der Waals surface area contributed by atoms with Crippen LogP contribution < -0.4 is 11.1 Å². The fourth-order valence-corrected chi connectivity index (χ4v) is 1.56. The lowest BCUT2D eigenvalue weighted by Gasteiger charge is -2.18. The van der Waals surface area contributed by atoms with Crippen molar-refractivity contribution in [2.45, 2.75) is 13.3 Å². The van der Waals surface area contributed by atoms with E-state index >= 15 is 0 Å². The first kappa shape index (κ1) is 14.0. The van der Waals surface area contributed by atoms with Crippen LogP contribution in [-0.4, -0.2) is 30.4 Å². The van der Waals surface area contributed by atoms with E-state index in [4.69, 9.17) is 11.0 Å². The summed E-state index contributed by atoms with van der Waals surface area (Å²) in [6.07, 6.45) is 0.425. The number of amides is 1. The van der Waals surface area contributed by atoms with Crippen molar-refractivity contribution < 1.29 is 4.79 Å². The summed E-state index contributed by atoms with van der Waals surface area (Å²) in [5.74, 6) is -0.118. The Morgan fingerprint density at radius 2 is 2.22 bits per heavy atom. The van der Waals surface area contributed by atoms with Crippen LogP contribution in [0, 0.1) is 11.3 Å². The van der Waals surface area contributed by atoms with Gasteiger partial charge in [-0.3, -0.25) is 9.69 Å². The highest BCUT2D eigenvalue weighted by atomic mass is 16.2. The monoisotopic (exact) mass is 246 g/mol. The second kappa shape index (κ2) is 7.30. The Bertz CT molecular complexity index is 439. The number of hydrogen-bond donors (Lipinski definition) is 2. The molecule has 0 aliphatic carbocycles. The molecule has 1 amide bonds. The van der Waals surface area contributed by atoms with Crippen LogP contribution in [0.3, 0.4) is 0 Å². The van der Waals surface area contributed by atoms with E-state index in [-0.39, 0.29) is 12.5 Å². The third kappa shape index (κ3) is 4.44. The average Bonchev–Trinajstić information content (AvgIpc) is 2.37. The van der Waals surface area contributed by atoms with Crippen molar-refractivity contribution in [2.24, 2.45) is 0 Å². The molecule has 0 bridgehead atoms. The van der Waals surface area contributed by atoms with Gasteiger partial charge in [0.05, 0.1) is 24.0 Å². The Labute approximate surface area is 107 Å². The summed E-state index contributed by atoms with van der Waals surface area (Å²) in [5, 5.41) is 11.3. The summed E-state index contributed by atoms with van der Waals surface area (Å²) >= 11 is 0. The zero-order chi connectivity index (χ0) is 13.4. The zero-order valence-corrected chi connectivity index (χ0v) is 10.5. The second-order valence-electron chi connectivity index (χ2n) is 3.91. The minimum absolute atomic E-state index is 0.118. The minimum atomic E-state index is -0.118. The van der Waals surface area contributed by atoms with Gasteiger partial charge < -0.3 is 11.1 Å². The summed E-state index contributed by atoms with van der Waals surface area (Å²) < 4.78 is 0. The molecule has 5 heteroatoms. The first-order chi connectivity index (χ1) is 8.67. The van der Waals surface area contributed by atoms with Crippen LogP contribution in [-0.2, 0) is 4.79 Å². The molecule has 0 saturated carbocycles. The molecule has 0 aliphatic rings. The second-order valence-corrected chi connectivity index (χ2v) is 3.91. The molecule has 3 N–H and O–H groups in total. The maximum absolute atomic E-state index is 11.8. The molecule has 0 atom stereocenters. The van der Waals surface area contributed by atoms with Gasteiger partial charge in [-0.05, 0) is 18.7 Å². The van der Waals surface area contributed by atoms with Crippen LogP contribution in [0.4, 0.5) is 11.4 Å². The Morgan fingerprint density at radius 1 is 1.50 bits per heavy atom. The predicted molar refractivity (Wildman–Crippen MR) is 71.8 cm³/mol. The Kier molecular flexibility index (Phi) is 5.68. The Morgan fingerprint density at radius 3 is 2.83 bits per heavy atom. The van der Waals surface area contributed by atoms with Crippen LogP contribution in [0.1, 0.15) is 13.3 Å². The van der Waals surface area contributed by atoms with E-state index < -0.39 is 0 Å². The van der Waals surface area contributed by atoms with Crippen LogP contribution >= 0.6 is 0 Å². The Hall–Kier alpha value is -2.06. The smallest absolute Gasteiger partial charge is 0.238 e. The number of nitriles is 1. The fourth-order valence-electron chi connectivity index (χ4n) is 1.56. The minimum Gasteiger partial charge on any atom is -0.397 e. The molecule has 1 aromatic rings. The molecule has 1 rings (SSSR count). The standard InChI is InChI=1S/C13H18N4O/c1-2-17(9-5-8-14)10-13(18)16-12-7-4-3-6-11(12)15/h3-4,6-7H,2,5,9-10,15H2,1H3,(H,16,18). The van der Waals surface area contributed by atoms with Gasteiger partial charge in [-0.15, -0.1) is 0 Å². The van der Waals surface area contributed by atoms with E-state index in [2.05, 4.69) is 11.4 Å². The molecule has 0 aliphatic heterocycles. The molecule has 18 heavy (non-hydrogen) atoms. The normalized spacial score (nSPS) is 10.1. The van der Waals surface area contributed by atoms with Gasteiger partial charge in [-0.1, -0.05) is 19.1 Å². The zero-order valence-electron chi connectivity index (χ0n) is 10.5. The molecular formula is C13H18N4O. The number of carbonyl (C=O) groups excluding carboxylic acids is 1. The van der Waals surface area contributed by atoms with Crippen molar-refractivity contribution in [3.05, 3.63) is 24.3 Å². The summed E-state index contributed by atoms with van der Waals surface area (Å²) in [5.41, 5.74) is 6.91. The van der Waals surface area contributed by atoms with Gasteiger partial charge in [0.25, 0.3) is 0 Å². The molecule has 0 heterocycles. The maximum atomic E-state index is 11.8. The largest absolute Gasteiger partial charge is 0.397 e. The summed E-state index contributed by atoms with van der Waals surface area (Å²) in [4.78, 5) is 13.7. The van der Waals surface area contributed by atoms with Crippen LogP contribution in [0.2, 0.25) is 0 Å². The molecule has 0 aromatic heterocycles. The molecule has 0 unspecified atom stereocenters. The quantitative estimate of drug-likeness (QED) is 0.744. The number of nitrogens with two attached hydrogens (primary N) is 1. The summed E-state index contributed by atoms with van der Waals surface area (Å²) in [6.45, 7) is 3.57. The van der Waals surface area contributed by atoms with Gasteiger partial charge in [0.15, 0.2) is 0 Å². The first-order valence-corrected chi connectivity index (χ1v) is 5.91. The van der Waals surface area contributed by atoms with Crippen LogP contribution in [0.5, 0.6) is 0 Å². The summed E-state index contributed by atoms with van der Waals surface area (Å²) in [7, 11) is 0. The van der Waals surface area contributed by atoms with E-state index in [1.165, 1.54) is 0 Å². The molecular weight excluding hydrogens is 228 g/mol. The maximum Gasteiger partial charge on any atom is 0.238 e. The fraction of sp³-hybridized carbons (Fsp3) is 0.385. The van der Waals surface area contributed by atoms with Crippen molar-refractivity contribution in [1.29, 1.82) is 5.26 Å². The molecule has 0 radical (unpaired) electrons.